The molecule has 2 N–H and O–H groups in total. The molecule has 0 radical (unpaired) electrons. The predicted octanol–water partition coefficient (Wildman–Crippen LogP) is 0.0239. The molecule has 2 aliphatic rings. The molecule has 0 saturated carbocycles. The molecule has 0 spiro atoms. The standard InChI is InChI=1S/C15H30N4O3S.ClH/c1-23(21,22)17-7-5-14-4-2-3-10-18(14)11-6-15(20)19-12-8-16-9-13-19;/h14,16-17H,2-13H2,1H3;1H. The van der Waals surface area contributed by atoms with Crippen LogP contribution >= 0.6 is 12.4 Å². The van der Waals surface area contributed by atoms with Crippen molar-refractivity contribution in [2.75, 3.05) is 52.1 Å². The van der Waals surface area contributed by atoms with Crippen LogP contribution in [0.5, 0.6) is 0 Å². The smallest absolute Gasteiger partial charge is 0.223 e. The third kappa shape index (κ3) is 7.65. The summed E-state index contributed by atoms with van der Waals surface area (Å²) in [6.45, 7) is 5.65. The van der Waals surface area contributed by atoms with Crippen molar-refractivity contribution in [3.05, 3.63) is 0 Å². The molecule has 0 aliphatic carbocycles. The number of hydrogen-bond donors (Lipinski definition) is 2. The average Bonchev–Trinajstić information content (AvgIpc) is 2.53. The molecule has 24 heavy (non-hydrogen) atoms. The van der Waals surface area contributed by atoms with Crippen LogP contribution in [-0.2, 0) is 14.8 Å². The Morgan fingerprint density at radius 1 is 1.21 bits per heavy atom. The Morgan fingerprint density at radius 3 is 2.58 bits per heavy atom. The van der Waals surface area contributed by atoms with Crippen molar-refractivity contribution in [3.63, 3.8) is 0 Å². The van der Waals surface area contributed by atoms with Crippen LogP contribution in [0.15, 0.2) is 0 Å². The molecule has 0 aromatic heterocycles. The van der Waals surface area contributed by atoms with E-state index in [4.69, 9.17) is 0 Å². The normalized spacial score (nSPS) is 22.9. The highest BCUT2D eigenvalue weighted by atomic mass is 35.5. The lowest BCUT2D eigenvalue weighted by molar-refractivity contribution is -0.132. The fourth-order valence-electron chi connectivity index (χ4n) is 3.40. The van der Waals surface area contributed by atoms with E-state index in [1.165, 1.54) is 12.7 Å². The minimum Gasteiger partial charge on any atom is -0.340 e. The Labute approximate surface area is 152 Å². The zero-order chi connectivity index (χ0) is 16.7. The van der Waals surface area contributed by atoms with Gasteiger partial charge in [-0.1, -0.05) is 6.42 Å². The summed E-state index contributed by atoms with van der Waals surface area (Å²) in [7, 11) is -3.12. The van der Waals surface area contributed by atoms with E-state index >= 15 is 0 Å². The highest BCUT2D eigenvalue weighted by molar-refractivity contribution is 7.88. The van der Waals surface area contributed by atoms with Gasteiger partial charge in [0.1, 0.15) is 0 Å². The Kier molecular flexibility index (Phi) is 9.51. The Bertz CT molecular complexity index is 483. The molecular weight excluding hydrogens is 352 g/mol. The van der Waals surface area contributed by atoms with E-state index < -0.39 is 10.0 Å². The van der Waals surface area contributed by atoms with Crippen LogP contribution in [0.4, 0.5) is 0 Å². The monoisotopic (exact) mass is 382 g/mol. The molecular formula is C15H31ClN4O3S. The first-order valence-corrected chi connectivity index (χ1v) is 10.5. The molecule has 1 atom stereocenters. The summed E-state index contributed by atoms with van der Waals surface area (Å²) < 4.78 is 24.9. The number of sulfonamides is 1. The summed E-state index contributed by atoms with van der Waals surface area (Å²) in [6.07, 6.45) is 6.01. The molecule has 1 unspecified atom stereocenters. The first kappa shape index (κ1) is 21.6. The lowest BCUT2D eigenvalue weighted by atomic mass is 9.99. The van der Waals surface area contributed by atoms with Gasteiger partial charge in [-0.25, -0.2) is 13.1 Å². The number of rotatable bonds is 7. The van der Waals surface area contributed by atoms with Crippen LogP contribution in [0.1, 0.15) is 32.1 Å². The van der Waals surface area contributed by atoms with Crippen LogP contribution in [-0.4, -0.2) is 82.2 Å². The number of nitrogens with zero attached hydrogens (tertiary/aromatic N) is 2. The highest BCUT2D eigenvalue weighted by Gasteiger charge is 2.24. The number of amides is 1. The van der Waals surface area contributed by atoms with E-state index in [0.29, 0.717) is 19.0 Å². The van der Waals surface area contributed by atoms with Gasteiger partial charge in [0.15, 0.2) is 0 Å². The SMILES string of the molecule is CS(=O)(=O)NCCC1CCCCN1CCC(=O)N1CCNCC1.Cl. The van der Waals surface area contributed by atoms with Gasteiger partial charge in [0, 0.05) is 51.7 Å². The average molecular weight is 383 g/mol. The quantitative estimate of drug-likeness (QED) is 0.649. The minimum atomic E-state index is -3.12. The van der Waals surface area contributed by atoms with E-state index in [-0.39, 0.29) is 18.3 Å². The fourth-order valence-corrected chi connectivity index (χ4v) is 3.89. The van der Waals surface area contributed by atoms with Gasteiger partial charge in [0.2, 0.25) is 15.9 Å². The third-order valence-corrected chi connectivity index (χ3v) is 5.40. The Morgan fingerprint density at radius 2 is 1.92 bits per heavy atom. The zero-order valence-electron chi connectivity index (χ0n) is 14.5. The van der Waals surface area contributed by atoms with Gasteiger partial charge in [-0.15, -0.1) is 12.4 Å². The van der Waals surface area contributed by atoms with Crippen molar-refractivity contribution in [3.8, 4) is 0 Å². The van der Waals surface area contributed by atoms with E-state index in [0.717, 1.165) is 58.5 Å². The van der Waals surface area contributed by atoms with Gasteiger partial charge in [-0.05, 0) is 25.8 Å². The summed E-state index contributed by atoms with van der Waals surface area (Å²) >= 11 is 0. The summed E-state index contributed by atoms with van der Waals surface area (Å²) in [5.74, 6) is 0.241. The number of likely N-dealkylation sites (tertiary alicyclic amines) is 1. The van der Waals surface area contributed by atoms with Gasteiger partial charge >= 0.3 is 0 Å². The Hall–Kier alpha value is -0.410. The second-order valence-corrected chi connectivity index (χ2v) is 8.35. The lowest BCUT2D eigenvalue weighted by Gasteiger charge is -2.36. The summed E-state index contributed by atoms with van der Waals surface area (Å²) in [4.78, 5) is 16.6. The van der Waals surface area contributed by atoms with Crippen molar-refractivity contribution >= 4 is 28.3 Å². The van der Waals surface area contributed by atoms with Crippen molar-refractivity contribution in [1.82, 2.24) is 19.8 Å². The predicted molar refractivity (Wildman–Crippen MR) is 98.0 cm³/mol. The number of halogens is 1. The van der Waals surface area contributed by atoms with Crippen molar-refractivity contribution in [2.24, 2.45) is 0 Å². The molecule has 0 aromatic carbocycles. The zero-order valence-corrected chi connectivity index (χ0v) is 16.1. The number of carbonyl (C=O) groups excluding carboxylic acids is 1. The first-order valence-electron chi connectivity index (χ1n) is 8.63. The second kappa shape index (κ2) is 10.6. The molecule has 2 heterocycles. The number of piperazine rings is 1. The molecule has 9 heteroatoms. The summed E-state index contributed by atoms with van der Waals surface area (Å²) in [5.41, 5.74) is 0. The number of nitrogens with one attached hydrogen (secondary N) is 2. The Balaban J connectivity index is 0.00000288. The van der Waals surface area contributed by atoms with E-state index in [1.807, 2.05) is 4.90 Å². The molecule has 2 fully saturated rings. The second-order valence-electron chi connectivity index (χ2n) is 6.52. The van der Waals surface area contributed by atoms with Crippen LogP contribution in [0.3, 0.4) is 0 Å². The maximum atomic E-state index is 12.3. The molecule has 1 amide bonds. The number of piperidine rings is 1. The third-order valence-electron chi connectivity index (χ3n) is 4.67. The molecule has 7 nitrogen and oxygen atoms in total. The molecule has 2 rings (SSSR count). The van der Waals surface area contributed by atoms with E-state index in [1.54, 1.807) is 0 Å². The van der Waals surface area contributed by atoms with Crippen LogP contribution < -0.4 is 10.0 Å². The van der Waals surface area contributed by atoms with Gasteiger partial charge in [-0.2, -0.15) is 0 Å². The van der Waals surface area contributed by atoms with E-state index in [9.17, 15) is 13.2 Å². The first-order chi connectivity index (χ1) is 11.0. The van der Waals surface area contributed by atoms with Gasteiger partial charge < -0.3 is 10.2 Å². The van der Waals surface area contributed by atoms with Crippen LogP contribution in [0.2, 0.25) is 0 Å². The minimum absolute atomic E-state index is 0. The van der Waals surface area contributed by atoms with Crippen LogP contribution in [0.25, 0.3) is 0 Å². The summed E-state index contributed by atoms with van der Waals surface area (Å²) in [5, 5.41) is 3.26. The van der Waals surface area contributed by atoms with Gasteiger partial charge in [0.05, 0.1) is 6.26 Å². The lowest BCUT2D eigenvalue weighted by Crippen LogP contribution is -2.48. The molecule has 142 valence electrons. The topological polar surface area (TPSA) is 81.8 Å². The molecule has 2 aliphatic heterocycles. The fraction of sp³-hybridized carbons (Fsp3) is 0.933. The number of hydrogen-bond acceptors (Lipinski definition) is 5. The number of carbonyl (C=O) groups is 1. The maximum Gasteiger partial charge on any atom is 0.223 e. The highest BCUT2D eigenvalue weighted by Crippen LogP contribution is 2.19. The van der Waals surface area contributed by atoms with Gasteiger partial charge in [0.25, 0.3) is 0 Å². The largest absolute Gasteiger partial charge is 0.340 e. The molecule has 0 aromatic rings. The van der Waals surface area contributed by atoms with Gasteiger partial charge in [-0.3, -0.25) is 9.69 Å². The van der Waals surface area contributed by atoms with Crippen molar-refractivity contribution in [2.45, 2.75) is 38.1 Å². The summed E-state index contributed by atoms with van der Waals surface area (Å²) in [6, 6.07) is 0.383. The van der Waals surface area contributed by atoms with Crippen molar-refractivity contribution in [1.29, 1.82) is 0 Å². The van der Waals surface area contributed by atoms with Crippen LogP contribution in [0, 0.1) is 0 Å². The molecule has 0 bridgehead atoms. The van der Waals surface area contributed by atoms with E-state index in [2.05, 4.69) is 14.9 Å². The van der Waals surface area contributed by atoms with Crippen molar-refractivity contribution < 1.29 is 13.2 Å². The molecule has 2 saturated heterocycles. The maximum absolute atomic E-state index is 12.3.